The van der Waals surface area contributed by atoms with Crippen molar-refractivity contribution in [3.05, 3.63) is 0 Å². The van der Waals surface area contributed by atoms with Crippen LogP contribution < -0.4 is 16.0 Å². The molecule has 3 amide bonds. The molecule has 1 saturated heterocycles. The van der Waals surface area contributed by atoms with E-state index < -0.39 is 0 Å². The van der Waals surface area contributed by atoms with Gasteiger partial charge in [0.1, 0.15) is 0 Å². The van der Waals surface area contributed by atoms with Crippen molar-refractivity contribution < 1.29 is 14.3 Å². The van der Waals surface area contributed by atoms with Gasteiger partial charge >= 0.3 is 6.03 Å². The number of ether oxygens (including phenoxy) is 1. The summed E-state index contributed by atoms with van der Waals surface area (Å²) in [5.41, 5.74) is 0. The lowest BCUT2D eigenvalue weighted by molar-refractivity contribution is -0.118. The minimum absolute atomic E-state index is 0.0958. The van der Waals surface area contributed by atoms with Gasteiger partial charge in [-0.25, -0.2) is 4.79 Å². The third-order valence-corrected chi connectivity index (χ3v) is 2.30. The first-order chi connectivity index (χ1) is 7.68. The Morgan fingerprint density at radius 2 is 2.00 bits per heavy atom. The van der Waals surface area contributed by atoms with Crippen molar-refractivity contribution in [3.63, 3.8) is 0 Å². The van der Waals surface area contributed by atoms with E-state index in [0.717, 1.165) is 19.4 Å². The summed E-state index contributed by atoms with van der Waals surface area (Å²) in [7, 11) is 0. The number of amides is 3. The first-order valence-electron chi connectivity index (χ1n) is 5.56. The van der Waals surface area contributed by atoms with Gasteiger partial charge in [0.05, 0.1) is 6.10 Å². The Morgan fingerprint density at radius 1 is 1.25 bits per heavy atom. The minimum Gasteiger partial charge on any atom is -0.376 e. The van der Waals surface area contributed by atoms with Crippen LogP contribution in [-0.4, -0.2) is 44.3 Å². The summed E-state index contributed by atoms with van der Waals surface area (Å²) >= 11 is 0. The molecule has 0 aromatic rings. The van der Waals surface area contributed by atoms with Crippen molar-refractivity contribution in [1.29, 1.82) is 0 Å². The second kappa shape index (κ2) is 7.05. The maximum Gasteiger partial charge on any atom is 0.314 e. The Morgan fingerprint density at radius 3 is 2.62 bits per heavy atom. The molecule has 1 rings (SSSR count). The number of nitrogens with one attached hydrogen (secondary N) is 3. The van der Waals surface area contributed by atoms with Crippen molar-refractivity contribution in [2.24, 2.45) is 0 Å². The maximum absolute atomic E-state index is 11.3. The molecule has 1 fully saturated rings. The molecule has 1 heterocycles. The first kappa shape index (κ1) is 12.8. The van der Waals surface area contributed by atoms with Crippen LogP contribution in [0, 0.1) is 0 Å². The molecule has 0 bridgehead atoms. The van der Waals surface area contributed by atoms with Crippen molar-refractivity contribution in [2.45, 2.75) is 25.9 Å². The van der Waals surface area contributed by atoms with E-state index >= 15 is 0 Å². The summed E-state index contributed by atoms with van der Waals surface area (Å²) in [5, 5.41) is 7.96. The molecule has 0 spiro atoms. The van der Waals surface area contributed by atoms with Gasteiger partial charge in [0.15, 0.2) is 0 Å². The average Bonchev–Trinajstić information content (AvgIpc) is 2.74. The highest BCUT2D eigenvalue weighted by Crippen LogP contribution is 2.10. The normalized spacial score (nSPS) is 19.2. The van der Waals surface area contributed by atoms with Crippen molar-refractivity contribution in [2.75, 3.05) is 26.2 Å². The Balaban J connectivity index is 1.95. The molecule has 92 valence electrons. The summed E-state index contributed by atoms with van der Waals surface area (Å²) in [4.78, 5) is 21.8. The number of carbonyl (C=O) groups excluding carboxylic acids is 2. The van der Waals surface area contributed by atoms with Crippen LogP contribution in [0.25, 0.3) is 0 Å². The topological polar surface area (TPSA) is 79.5 Å². The summed E-state index contributed by atoms with van der Waals surface area (Å²) in [5.74, 6) is -0.0958. The zero-order chi connectivity index (χ0) is 11.8. The van der Waals surface area contributed by atoms with Crippen LogP contribution in [0.15, 0.2) is 0 Å². The highest BCUT2D eigenvalue weighted by atomic mass is 16.5. The van der Waals surface area contributed by atoms with Gasteiger partial charge in [-0.2, -0.15) is 0 Å². The van der Waals surface area contributed by atoms with Gasteiger partial charge in [-0.15, -0.1) is 0 Å². The van der Waals surface area contributed by atoms with Gasteiger partial charge in [0.2, 0.25) is 5.91 Å². The van der Waals surface area contributed by atoms with E-state index in [1.807, 2.05) is 0 Å². The van der Waals surface area contributed by atoms with Crippen molar-refractivity contribution >= 4 is 11.9 Å². The fraction of sp³-hybridized carbons (Fsp3) is 0.800. The van der Waals surface area contributed by atoms with Crippen LogP contribution in [0.2, 0.25) is 0 Å². The number of carbonyl (C=O) groups is 2. The van der Waals surface area contributed by atoms with Gasteiger partial charge in [0, 0.05) is 33.2 Å². The van der Waals surface area contributed by atoms with Gasteiger partial charge in [0.25, 0.3) is 0 Å². The summed E-state index contributed by atoms with van der Waals surface area (Å²) in [6.45, 7) is 3.65. The fourth-order valence-corrected chi connectivity index (χ4v) is 1.49. The number of urea groups is 1. The molecule has 6 nitrogen and oxygen atoms in total. The third kappa shape index (κ3) is 5.55. The number of rotatable bonds is 5. The minimum atomic E-state index is -0.221. The Hall–Kier alpha value is -1.30. The van der Waals surface area contributed by atoms with Crippen molar-refractivity contribution in [3.8, 4) is 0 Å². The average molecular weight is 229 g/mol. The van der Waals surface area contributed by atoms with Crippen LogP contribution >= 0.6 is 0 Å². The lowest BCUT2D eigenvalue weighted by Crippen LogP contribution is -2.42. The maximum atomic E-state index is 11.3. The molecule has 1 aliphatic rings. The second-order valence-electron chi connectivity index (χ2n) is 3.75. The van der Waals surface area contributed by atoms with Gasteiger partial charge in [-0.1, -0.05) is 0 Å². The molecule has 16 heavy (non-hydrogen) atoms. The molecule has 0 aliphatic carbocycles. The molecule has 0 saturated carbocycles. The monoisotopic (exact) mass is 229 g/mol. The zero-order valence-corrected chi connectivity index (χ0v) is 9.54. The molecule has 0 radical (unpaired) electrons. The quantitative estimate of drug-likeness (QED) is 0.561. The lowest BCUT2D eigenvalue weighted by atomic mass is 10.2. The molecular formula is C10H19N3O3. The third-order valence-electron chi connectivity index (χ3n) is 2.30. The molecule has 1 aliphatic heterocycles. The Kier molecular flexibility index (Phi) is 5.63. The standard InChI is InChI=1S/C10H19N3O3/c1-8(14)11-4-5-12-10(15)13-7-9-3-2-6-16-9/h9H,2-7H2,1H3,(H,11,14)(H2,12,13,15). The van der Waals surface area contributed by atoms with Gasteiger partial charge < -0.3 is 20.7 Å². The van der Waals surface area contributed by atoms with E-state index in [0.29, 0.717) is 19.6 Å². The fourth-order valence-electron chi connectivity index (χ4n) is 1.49. The summed E-state index contributed by atoms with van der Waals surface area (Å²) in [6, 6.07) is -0.221. The van der Waals surface area contributed by atoms with Crippen molar-refractivity contribution in [1.82, 2.24) is 16.0 Å². The predicted molar refractivity (Wildman–Crippen MR) is 59.1 cm³/mol. The SMILES string of the molecule is CC(=O)NCCNC(=O)NCC1CCCO1. The van der Waals surface area contributed by atoms with Crippen LogP contribution in [-0.2, 0) is 9.53 Å². The largest absolute Gasteiger partial charge is 0.376 e. The molecule has 0 aromatic heterocycles. The number of hydrogen-bond donors (Lipinski definition) is 3. The van der Waals surface area contributed by atoms with Crippen LogP contribution in [0.3, 0.4) is 0 Å². The number of hydrogen-bond acceptors (Lipinski definition) is 3. The molecule has 1 atom stereocenters. The van der Waals surface area contributed by atoms with E-state index in [4.69, 9.17) is 4.74 Å². The highest BCUT2D eigenvalue weighted by molar-refractivity contribution is 5.74. The molecule has 0 aromatic carbocycles. The zero-order valence-electron chi connectivity index (χ0n) is 9.54. The van der Waals surface area contributed by atoms with Crippen LogP contribution in [0.5, 0.6) is 0 Å². The summed E-state index contributed by atoms with van der Waals surface area (Å²) in [6.07, 6.45) is 2.23. The van der Waals surface area contributed by atoms with E-state index in [1.54, 1.807) is 0 Å². The van der Waals surface area contributed by atoms with E-state index in [2.05, 4.69) is 16.0 Å². The van der Waals surface area contributed by atoms with Gasteiger partial charge in [-0.3, -0.25) is 4.79 Å². The first-order valence-corrected chi connectivity index (χ1v) is 5.56. The molecule has 3 N–H and O–H groups in total. The molecule has 6 heteroatoms. The van der Waals surface area contributed by atoms with Crippen LogP contribution in [0.4, 0.5) is 4.79 Å². The Labute approximate surface area is 95.1 Å². The van der Waals surface area contributed by atoms with Gasteiger partial charge in [-0.05, 0) is 12.8 Å². The Bertz CT molecular complexity index is 239. The smallest absolute Gasteiger partial charge is 0.314 e. The molecule has 1 unspecified atom stereocenters. The highest BCUT2D eigenvalue weighted by Gasteiger charge is 2.15. The van der Waals surface area contributed by atoms with E-state index in [-0.39, 0.29) is 18.0 Å². The van der Waals surface area contributed by atoms with E-state index in [1.165, 1.54) is 6.92 Å². The predicted octanol–water partition coefficient (Wildman–Crippen LogP) is -0.399. The second-order valence-corrected chi connectivity index (χ2v) is 3.75. The summed E-state index contributed by atoms with van der Waals surface area (Å²) < 4.78 is 5.36. The van der Waals surface area contributed by atoms with Crippen LogP contribution in [0.1, 0.15) is 19.8 Å². The molecular weight excluding hydrogens is 210 g/mol. The lowest BCUT2D eigenvalue weighted by Gasteiger charge is -2.11. The van der Waals surface area contributed by atoms with E-state index in [9.17, 15) is 9.59 Å².